The van der Waals surface area contributed by atoms with Crippen LogP contribution in [0.5, 0.6) is 0 Å². The summed E-state index contributed by atoms with van der Waals surface area (Å²) in [5.41, 5.74) is -0.227. The van der Waals surface area contributed by atoms with Crippen molar-refractivity contribution in [2.24, 2.45) is 0 Å². The molecule has 1 aromatic rings. The summed E-state index contributed by atoms with van der Waals surface area (Å²) < 4.78 is 43.0. The molecular weight excluding hydrogens is 570 g/mol. The van der Waals surface area contributed by atoms with E-state index in [1.807, 2.05) is 0 Å². The summed E-state index contributed by atoms with van der Waals surface area (Å²) in [6.45, 7) is 4.69. The van der Waals surface area contributed by atoms with E-state index in [2.05, 4.69) is 13.8 Å². The average molecular weight is 610 g/mol. The molecule has 0 atom stereocenters. The number of rotatable bonds is 17. The molecule has 0 aliphatic carbocycles. The molecule has 0 saturated carbocycles. The number of ether oxygens (including phenoxy) is 2. The molecule has 0 heterocycles. The van der Waals surface area contributed by atoms with Crippen molar-refractivity contribution in [3.63, 3.8) is 0 Å². The molecule has 7 nitrogen and oxygen atoms in total. The first kappa shape index (κ1) is 32.6. The number of unbranched alkanes of at least 4 members (excludes halogenated alkanes) is 10. The van der Waals surface area contributed by atoms with Crippen LogP contribution < -0.4 is 0 Å². The Hall–Kier alpha value is -0.359. The normalized spacial score (nSPS) is 11.0. The van der Waals surface area contributed by atoms with Gasteiger partial charge < -0.3 is 12.3 Å². The fraction of sp³-hybridized carbons (Fsp3) is 0.667. The quantitative estimate of drug-likeness (QED) is 0.103. The van der Waals surface area contributed by atoms with E-state index >= 15 is 0 Å². The fourth-order valence-electron chi connectivity index (χ4n) is 3.24. The third-order valence-electron chi connectivity index (χ3n) is 5.14. The second kappa shape index (κ2) is 18.9. The summed E-state index contributed by atoms with van der Waals surface area (Å²) in [6, 6.07) is 3.24. The van der Waals surface area contributed by atoms with Gasteiger partial charge in [-0.2, -0.15) is 8.42 Å². The number of hydrogen-bond donors (Lipinski definition) is 1. The van der Waals surface area contributed by atoms with E-state index in [4.69, 9.17) is 9.47 Å². The molecule has 1 rings (SSSR count). The second-order valence-corrected chi connectivity index (χ2v) is 9.45. The zero-order valence-corrected chi connectivity index (χ0v) is 25.4. The third-order valence-corrected chi connectivity index (χ3v) is 5.97. The van der Waals surface area contributed by atoms with Crippen LogP contribution in [-0.4, -0.2) is 87.0 Å². The van der Waals surface area contributed by atoms with Gasteiger partial charge in [0.1, 0.15) is 0 Å². The van der Waals surface area contributed by atoms with E-state index in [1.165, 1.54) is 18.9 Å². The smallest absolute Gasteiger partial charge is 1.00 e. The molecule has 33 heavy (non-hydrogen) atoms. The number of benzene rings is 1. The molecular formula is C24H40BaO7S. The van der Waals surface area contributed by atoms with E-state index < -0.39 is 27.0 Å². The van der Waals surface area contributed by atoms with Crippen LogP contribution in [-0.2, 0) is 19.6 Å². The van der Waals surface area contributed by atoms with Gasteiger partial charge in [0.05, 0.1) is 29.2 Å². The first-order chi connectivity index (χ1) is 15.3. The maximum atomic E-state index is 12.4. The van der Waals surface area contributed by atoms with Crippen molar-refractivity contribution in [2.75, 3.05) is 13.2 Å². The Kier molecular flexibility index (Phi) is 18.7. The van der Waals surface area contributed by atoms with Crippen molar-refractivity contribution in [3.8, 4) is 0 Å². The number of hydrogen-bond acceptors (Lipinski definition) is 6. The molecule has 0 spiro atoms. The van der Waals surface area contributed by atoms with Crippen molar-refractivity contribution in [3.05, 3.63) is 29.3 Å². The molecule has 9 heteroatoms. The second-order valence-electron chi connectivity index (χ2n) is 8.03. The molecule has 0 radical (unpaired) electrons. The van der Waals surface area contributed by atoms with Gasteiger partial charge >= 0.3 is 60.8 Å². The predicted octanol–water partition coefficient (Wildman–Crippen LogP) is 5.81. The molecule has 1 aromatic carbocycles. The third kappa shape index (κ3) is 14.6. The van der Waals surface area contributed by atoms with Gasteiger partial charge in [0.2, 0.25) is 0 Å². The van der Waals surface area contributed by atoms with Crippen LogP contribution in [0, 0.1) is 0 Å². The maximum Gasteiger partial charge on any atom is 2.00 e. The Morgan fingerprint density at radius 3 is 1.45 bits per heavy atom. The minimum absolute atomic E-state index is 0. The van der Waals surface area contributed by atoms with Gasteiger partial charge in [-0.05, 0) is 31.0 Å². The number of esters is 2. The van der Waals surface area contributed by atoms with Gasteiger partial charge in [-0.15, -0.1) is 0 Å². The van der Waals surface area contributed by atoms with Crippen molar-refractivity contribution in [1.82, 2.24) is 0 Å². The first-order valence-corrected chi connectivity index (χ1v) is 13.2. The van der Waals surface area contributed by atoms with Crippen LogP contribution >= 0.6 is 0 Å². The standard InChI is InChI=1S/C24H38O7S.Ba.2H/c1-3-5-7-9-11-13-15-30-23(25)20-17-21(19-22(18-20)32(27,28)29)24(26)31-16-14-12-10-8-6-4-2;;;/h17-19H,3-16H2,1-2H3,(H,27,28,29);;;/q;+2;2*-1. The zero-order chi connectivity index (χ0) is 23.8. The Balaban J connectivity index is -0.00000341. The topological polar surface area (TPSA) is 107 Å². The summed E-state index contributed by atoms with van der Waals surface area (Å²) in [6.07, 6.45) is 12.4. The molecule has 1 N–H and O–H groups in total. The summed E-state index contributed by atoms with van der Waals surface area (Å²) in [4.78, 5) is 24.2. The molecule has 0 aromatic heterocycles. The van der Waals surface area contributed by atoms with E-state index in [9.17, 15) is 22.6 Å². The molecule has 0 amide bonds. The SMILES string of the molecule is CCCCCCCCOC(=O)c1cc(C(=O)OCCCCCCCC)cc(S(=O)(=O)O)c1.[Ba+2].[H-].[H-]. The van der Waals surface area contributed by atoms with Crippen LogP contribution in [0.4, 0.5) is 0 Å². The van der Waals surface area contributed by atoms with Crippen molar-refractivity contribution < 1.29 is 34.9 Å². The largest absolute Gasteiger partial charge is 2.00 e. The predicted molar refractivity (Wildman–Crippen MR) is 132 cm³/mol. The van der Waals surface area contributed by atoms with Crippen LogP contribution in [0.2, 0.25) is 0 Å². The van der Waals surface area contributed by atoms with Gasteiger partial charge in [-0.25, -0.2) is 9.59 Å². The Bertz CT molecular complexity index is 772. The fourth-order valence-corrected chi connectivity index (χ4v) is 3.80. The summed E-state index contributed by atoms with van der Waals surface area (Å²) in [7, 11) is -4.61. The Morgan fingerprint density at radius 1 is 0.727 bits per heavy atom. The van der Waals surface area contributed by atoms with Gasteiger partial charge in [0.15, 0.2) is 0 Å². The minimum Gasteiger partial charge on any atom is -1.00 e. The van der Waals surface area contributed by atoms with Crippen molar-refractivity contribution in [1.29, 1.82) is 0 Å². The van der Waals surface area contributed by atoms with Crippen LogP contribution in [0.1, 0.15) is 114 Å². The van der Waals surface area contributed by atoms with E-state index in [1.54, 1.807) is 0 Å². The van der Waals surface area contributed by atoms with E-state index in [0.717, 1.165) is 63.5 Å². The van der Waals surface area contributed by atoms with Gasteiger partial charge in [0.25, 0.3) is 10.1 Å². The summed E-state index contributed by atoms with van der Waals surface area (Å²) in [5.74, 6) is -1.48. The zero-order valence-electron chi connectivity index (χ0n) is 22.1. The van der Waals surface area contributed by atoms with Crippen molar-refractivity contribution in [2.45, 2.75) is 95.8 Å². The number of carbonyl (C=O) groups excluding carboxylic acids is 2. The summed E-state index contributed by atoms with van der Waals surface area (Å²) >= 11 is 0. The van der Waals surface area contributed by atoms with Crippen LogP contribution in [0.25, 0.3) is 0 Å². The maximum absolute atomic E-state index is 12.4. The summed E-state index contributed by atoms with van der Waals surface area (Å²) in [5, 5.41) is 0. The molecule has 0 fully saturated rings. The molecule has 0 saturated heterocycles. The monoisotopic (exact) mass is 610 g/mol. The Labute approximate surface area is 242 Å². The number of carbonyl (C=O) groups is 2. The van der Waals surface area contributed by atoms with Gasteiger partial charge in [0, 0.05) is 0 Å². The van der Waals surface area contributed by atoms with Crippen LogP contribution in [0.3, 0.4) is 0 Å². The van der Waals surface area contributed by atoms with E-state index in [0.29, 0.717) is 12.8 Å². The van der Waals surface area contributed by atoms with E-state index in [-0.39, 0.29) is 76.1 Å². The van der Waals surface area contributed by atoms with Gasteiger partial charge in [-0.1, -0.05) is 78.1 Å². The van der Waals surface area contributed by atoms with Gasteiger partial charge in [-0.3, -0.25) is 4.55 Å². The molecule has 0 bridgehead atoms. The molecule has 186 valence electrons. The molecule has 0 aliphatic heterocycles. The van der Waals surface area contributed by atoms with Crippen LogP contribution in [0.15, 0.2) is 23.1 Å². The average Bonchev–Trinajstić information content (AvgIpc) is 2.76. The Morgan fingerprint density at radius 2 is 1.09 bits per heavy atom. The minimum atomic E-state index is -4.61. The molecule has 0 unspecified atom stereocenters. The molecule has 0 aliphatic rings. The first-order valence-electron chi connectivity index (χ1n) is 11.8. The van der Waals surface area contributed by atoms with Crippen molar-refractivity contribution >= 4 is 70.9 Å².